The molecule has 3 rings (SSSR count). The molecule has 0 aliphatic carbocycles. The number of pyridine rings is 1. The highest BCUT2D eigenvalue weighted by Crippen LogP contribution is 2.17. The summed E-state index contributed by atoms with van der Waals surface area (Å²) >= 11 is 0. The number of piperidine rings is 1. The second-order valence-corrected chi connectivity index (χ2v) is 5.68. The number of hydrogen-bond acceptors (Lipinski definition) is 3. The molecule has 1 saturated heterocycles. The molecule has 2 aromatic rings. The quantitative estimate of drug-likeness (QED) is 0.941. The molecule has 0 amide bonds. The Hall–Kier alpha value is -0.810. The smallest absolute Gasteiger partial charge is 0.137 e. The Labute approximate surface area is 138 Å². The Balaban J connectivity index is 0.00000110. The molecule has 6 heteroatoms. The molecule has 1 unspecified atom stereocenters. The minimum atomic E-state index is 0. The van der Waals surface area contributed by atoms with Crippen molar-refractivity contribution in [1.82, 2.24) is 14.3 Å². The van der Waals surface area contributed by atoms with Crippen molar-refractivity contribution in [2.75, 3.05) is 19.6 Å². The monoisotopic (exact) mass is 330 g/mol. The number of aromatic nitrogens is 2. The molecule has 0 saturated carbocycles. The van der Waals surface area contributed by atoms with Crippen LogP contribution in [0, 0.1) is 12.8 Å². The first-order chi connectivity index (χ1) is 9.24. The van der Waals surface area contributed by atoms with Gasteiger partial charge >= 0.3 is 0 Å². The maximum Gasteiger partial charge on any atom is 0.137 e. The molecule has 0 spiro atoms. The summed E-state index contributed by atoms with van der Waals surface area (Å²) in [5, 5.41) is 0. The van der Waals surface area contributed by atoms with Crippen LogP contribution >= 0.6 is 24.8 Å². The molecule has 4 nitrogen and oxygen atoms in total. The van der Waals surface area contributed by atoms with E-state index in [0.29, 0.717) is 5.92 Å². The summed E-state index contributed by atoms with van der Waals surface area (Å²) in [6, 6.07) is 4.19. The minimum Gasteiger partial charge on any atom is -0.330 e. The minimum absolute atomic E-state index is 0. The first-order valence-electron chi connectivity index (χ1n) is 7.11. The maximum absolute atomic E-state index is 5.79. The Morgan fingerprint density at radius 2 is 2.10 bits per heavy atom. The number of likely N-dealkylation sites (tertiary alicyclic amines) is 1. The molecule has 0 aromatic carbocycles. The molecular formula is C15H24Cl2N4. The van der Waals surface area contributed by atoms with E-state index in [1.54, 1.807) is 0 Å². The van der Waals surface area contributed by atoms with Gasteiger partial charge in [-0.2, -0.15) is 0 Å². The van der Waals surface area contributed by atoms with Crippen molar-refractivity contribution in [3.05, 3.63) is 35.8 Å². The number of aryl methyl sites for hydroxylation is 1. The molecule has 118 valence electrons. The molecule has 1 fully saturated rings. The third-order valence-electron chi connectivity index (χ3n) is 3.97. The third-order valence-corrected chi connectivity index (χ3v) is 3.97. The summed E-state index contributed by atoms with van der Waals surface area (Å²) in [5.74, 6) is 0.660. The van der Waals surface area contributed by atoms with E-state index in [1.807, 2.05) is 0 Å². The van der Waals surface area contributed by atoms with Gasteiger partial charge in [0.25, 0.3) is 0 Å². The van der Waals surface area contributed by atoms with Crippen molar-refractivity contribution in [2.24, 2.45) is 11.7 Å². The van der Waals surface area contributed by atoms with Crippen LogP contribution in [0.25, 0.3) is 5.65 Å². The molecule has 0 bridgehead atoms. The van der Waals surface area contributed by atoms with E-state index in [0.717, 1.165) is 31.0 Å². The van der Waals surface area contributed by atoms with E-state index in [-0.39, 0.29) is 24.8 Å². The van der Waals surface area contributed by atoms with Crippen LogP contribution in [0.4, 0.5) is 0 Å². The zero-order valence-electron chi connectivity index (χ0n) is 12.4. The van der Waals surface area contributed by atoms with Gasteiger partial charge < -0.3 is 10.1 Å². The predicted octanol–water partition coefficient (Wildman–Crippen LogP) is 2.66. The zero-order valence-corrected chi connectivity index (χ0v) is 14.0. The van der Waals surface area contributed by atoms with Crippen molar-refractivity contribution in [3.63, 3.8) is 0 Å². The average Bonchev–Trinajstić information content (AvgIpc) is 2.80. The van der Waals surface area contributed by atoms with Crippen molar-refractivity contribution >= 4 is 30.5 Å². The number of imidazole rings is 1. The van der Waals surface area contributed by atoms with Crippen molar-refractivity contribution in [2.45, 2.75) is 26.3 Å². The molecule has 21 heavy (non-hydrogen) atoms. The van der Waals surface area contributed by atoms with Gasteiger partial charge in [0.15, 0.2) is 0 Å². The molecule has 1 atom stereocenters. The summed E-state index contributed by atoms with van der Waals surface area (Å²) in [6.07, 6.45) is 6.81. The van der Waals surface area contributed by atoms with E-state index < -0.39 is 0 Å². The summed E-state index contributed by atoms with van der Waals surface area (Å²) in [4.78, 5) is 7.17. The topological polar surface area (TPSA) is 46.6 Å². The average molecular weight is 331 g/mol. The van der Waals surface area contributed by atoms with Crippen molar-refractivity contribution in [3.8, 4) is 0 Å². The maximum atomic E-state index is 5.79. The molecule has 1 aliphatic heterocycles. The highest BCUT2D eigenvalue weighted by atomic mass is 35.5. The number of fused-ring (bicyclic) bond motifs is 1. The van der Waals surface area contributed by atoms with E-state index in [4.69, 9.17) is 5.73 Å². The van der Waals surface area contributed by atoms with Gasteiger partial charge in [0, 0.05) is 25.5 Å². The zero-order chi connectivity index (χ0) is 13.2. The van der Waals surface area contributed by atoms with Crippen LogP contribution in [0.5, 0.6) is 0 Å². The number of rotatable bonds is 3. The molecule has 0 radical (unpaired) electrons. The fourth-order valence-electron chi connectivity index (χ4n) is 2.95. The van der Waals surface area contributed by atoms with Gasteiger partial charge in [-0.15, -0.1) is 24.8 Å². The van der Waals surface area contributed by atoms with Crippen LogP contribution < -0.4 is 5.73 Å². The Morgan fingerprint density at radius 3 is 2.86 bits per heavy atom. The van der Waals surface area contributed by atoms with Crippen LogP contribution in [0.1, 0.15) is 24.1 Å². The van der Waals surface area contributed by atoms with E-state index in [2.05, 4.69) is 45.7 Å². The first kappa shape index (κ1) is 18.2. The largest absolute Gasteiger partial charge is 0.330 e. The lowest BCUT2D eigenvalue weighted by Gasteiger charge is -2.31. The Morgan fingerprint density at radius 1 is 1.29 bits per heavy atom. The lowest BCUT2D eigenvalue weighted by molar-refractivity contribution is 0.169. The number of nitrogens with two attached hydrogens (primary N) is 1. The third kappa shape index (κ3) is 4.33. The van der Waals surface area contributed by atoms with Crippen LogP contribution in [0.2, 0.25) is 0 Å². The normalized spacial score (nSPS) is 19.0. The highest BCUT2D eigenvalue weighted by molar-refractivity contribution is 5.85. The van der Waals surface area contributed by atoms with Gasteiger partial charge in [-0.1, -0.05) is 6.07 Å². The Kier molecular flexibility index (Phi) is 6.94. The molecule has 3 heterocycles. The summed E-state index contributed by atoms with van der Waals surface area (Å²) < 4.78 is 2.12. The first-order valence-corrected chi connectivity index (χ1v) is 7.11. The molecule has 1 aliphatic rings. The Bertz CT molecular complexity index is 570. The van der Waals surface area contributed by atoms with Crippen molar-refractivity contribution in [1.29, 1.82) is 0 Å². The molecule has 2 aromatic heterocycles. The lowest BCUT2D eigenvalue weighted by Crippen LogP contribution is -2.37. The number of hydrogen-bond donors (Lipinski definition) is 1. The lowest BCUT2D eigenvalue weighted by atomic mass is 9.98. The fraction of sp³-hybridized carbons (Fsp3) is 0.533. The number of halogens is 2. The van der Waals surface area contributed by atoms with Crippen LogP contribution in [0.15, 0.2) is 24.5 Å². The van der Waals surface area contributed by atoms with Gasteiger partial charge in [-0.3, -0.25) is 4.90 Å². The van der Waals surface area contributed by atoms with Gasteiger partial charge in [-0.25, -0.2) is 4.98 Å². The van der Waals surface area contributed by atoms with E-state index in [9.17, 15) is 0 Å². The summed E-state index contributed by atoms with van der Waals surface area (Å²) in [7, 11) is 0. The van der Waals surface area contributed by atoms with Gasteiger partial charge in [0.1, 0.15) is 5.65 Å². The summed E-state index contributed by atoms with van der Waals surface area (Å²) in [6.45, 7) is 6.14. The second-order valence-electron chi connectivity index (χ2n) is 5.68. The summed E-state index contributed by atoms with van der Waals surface area (Å²) in [5.41, 5.74) is 9.24. The highest BCUT2D eigenvalue weighted by Gasteiger charge is 2.19. The van der Waals surface area contributed by atoms with Gasteiger partial charge in [-0.05, 0) is 50.4 Å². The second kappa shape index (κ2) is 7.99. The standard InChI is InChI=1S/C15H22N4.2ClH/c1-12-4-5-15-17-14(11-19(15)8-12)10-18-6-2-3-13(7-16)9-18;;/h4-5,8,11,13H,2-3,6-7,9-10,16H2,1H3;2*1H. The van der Waals surface area contributed by atoms with Crippen LogP contribution in [-0.2, 0) is 6.54 Å². The molecular weight excluding hydrogens is 307 g/mol. The van der Waals surface area contributed by atoms with E-state index >= 15 is 0 Å². The van der Waals surface area contributed by atoms with Crippen molar-refractivity contribution < 1.29 is 0 Å². The molecule has 2 N–H and O–H groups in total. The van der Waals surface area contributed by atoms with Gasteiger partial charge in [0.2, 0.25) is 0 Å². The van der Waals surface area contributed by atoms with Crippen LogP contribution in [0.3, 0.4) is 0 Å². The van der Waals surface area contributed by atoms with Crippen LogP contribution in [-0.4, -0.2) is 33.9 Å². The predicted molar refractivity (Wildman–Crippen MR) is 91.5 cm³/mol. The number of nitrogens with zero attached hydrogens (tertiary/aromatic N) is 3. The SMILES string of the molecule is Cc1ccc2nc(CN3CCCC(CN)C3)cn2c1.Cl.Cl. The van der Waals surface area contributed by atoms with E-state index in [1.165, 1.54) is 24.9 Å². The fourth-order valence-corrected chi connectivity index (χ4v) is 2.95. The van der Waals surface area contributed by atoms with Gasteiger partial charge in [0.05, 0.1) is 5.69 Å².